The van der Waals surface area contributed by atoms with Crippen LogP contribution in [0.1, 0.15) is 38.2 Å². The Morgan fingerprint density at radius 1 is 1.28 bits per heavy atom. The van der Waals surface area contributed by atoms with Crippen molar-refractivity contribution in [3.05, 3.63) is 35.9 Å². The fourth-order valence-electron chi connectivity index (χ4n) is 2.68. The zero-order chi connectivity index (χ0) is 12.6. The van der Waals surface area contributed by atoms with Crippen molar-refractivity contribution in [3.63, 3.8) is 0 Å². The molecule has 2 heteroatoms. The molecule has 2 rings (SSSR count). The normalized spacial score (nSPS) is 19.2. The van der Waals surface area contributed by atoms with Crippen LogP contribution in [0.25, 0.3) is 0 Å². The van der Waals surface area contributed by atoms with Gasteiger partial charge in [-0.25, -0.2) is 0 Å². The van der Waals surface area contributed by atoms with Crippen LogP contribution in [0.15, 0.2) is 35.3 Å². The van der Waals surface area contributed by atoms with Gasteiger partial charge in [0.1, 0.15) is 0 Å². The summed E-state index contributed by atoms with van der Waals surface area (Å²) in [6.07, 6.45) is 7.05. The number of nitrogens with one attached hydrogen (secondary N) is 1. The molecule has 18 heavy (non-hydrogen) atoms. The summed E-state index contributed by atoms with van der Waals surface area (Å²) >= 11 is 0. The predicted molar refractivity (Wildman–Crippen MR) is 78.3 cm³/mol. The number of hydrogen-bond donors (Lipinski definition) is 1. The van der Waals surface area contributed by atoms with Crippen LogP contribution in [0.3, 0.4) is 0 Å². The van der Waals surface area contributed by atoms with E-state index in [1.54, 1.807) is 0 Å². The van der Waals surface area contributed by atoms with Crippen LogP contribution in [0, 0.1) is 5.92 Å². The summed E-state index contributed by atoms with van der Waals surface area (Å²) in [7, 11) is 0. The van der Waals surface area contributed by atoms with E-state index >= 15 is 0 Å². The second-order valence-electron chi connectivity index (χ2n) is 5.13. The molecule has 0 spiro atoms. The highest BCUT2D eigenvalue weighted by atomic mass is 14.9. The maximum absolute atomic E-state index is 4.85. The van der Waals surface area contributed by atoms with Gasteiger partial charge in [0.15, 0.2) is 0 Å². The summed E-state index contributed by atoms with van der Waals surface area (Å²) in [5.41, 5.74) is 1.22. The van der Waals surface area contributed by atoms with E-state index in [2.05, 4.69) is 42.7 Å². The Hall–Kier alpha value is -1.15. The minimum atomic E-state index is 0.511. The topological polar surface area (TPSA) is 24.4 Å². The van der Waals surface area contributed by atoms with Crippen molar-refractivity contribution in [2.75, 3.05) is 13.1 Å². The third-order valence-corrected chi connectivity index (χ3v) is 3.73. The molecule has 0 bridgehead atoms. The van der Waals surface area contributed by atoms with Gasteiger partial charge in [-0.2, -0.15) is 0 Å². The SMILES string of the molecule is CCCC(N=Cc1ccccc1)C1CCNCC1. The van der Waals surface area contributed by atoms with Crippen LogP contribution in [0.5, 0.6) is 0 Å². The van der Waals surface area contributed by atoms with Gasteiger partial charge in [0.25, 0.3) is 0 Å². The Morgan fingerprint density at radius 2 is 2.00 bits per heavy atom. The number of aliphatic imine (C=N–C) groups is 1. The second-order valence-corrected chi connectivity index (χ2v) is 5.13. The van der Waals surface area contributed by atoms with E-state index in [9.17, 15) is 0 Å². The second kappa shape index (κ2) is 7.32. The van der Waals surface area contributed by atoms with Gasteiger partial charge in [-0.15, -0.1) is 0 Å². The molecule has 1 aromatic rings. The van der Waals surface area contributed by atoms with E-state index in [-0.39, 0.29) is 0 Å². The van der Waals surface area contributed by atoms with E-state index < -0.39 is 0 Å². The molecule has 1 saturated heterocycles. The van der Waals surface area contributed by atoms with Crippen molar-refractivity contribution in [1.82, 2.24) is 5.32 Å². The van der Waals surface area contributed by atoms with Crippen molar-refractivity contribution in [3.8, 4) is 0 Å². The molecule has 0 amide bonds. The molecule has 0 aliphatic carbocycles. The van der Waals surface area contributed by atoms with Gasteiger partial charge in [0.05, 0.1) is 6.04 Å². The number of rotatable bonds is 5. The lowest BCUT2D eigenvalue weighted by molar-refractivity contribution is 0.308. The monoisotopic (exact) mass is 244 g/mol. The molecule has 0 radical (unpaired) electrons. The molecule has 0 aromatic heterocycles. The molecular weight excluding hydrogens is 220 g/mol. The van der Waals surface area contributed by atoms with Crippen LogP contribution >= 0.6 is 0 Å². The average Bonchev–Trinajstić information content (AvgIpc) is 2.45. The first-order chi connectivity index (χ1) is 8.90. The highest BCUT2D eigenvalue weighted by Gasteiger charge is 2.21. The van der Waals surface area contributed by atoms with Gasteiger partial charge in [-0.3, -0.25) is 4.99 Å². The number of hydrogen-bond acceptors (Lipinski definition) is 2. The molecule has 1 aliphatic rings. The summed E-state index contributed by atoms with van der Waals surface area (Å²) in [5, 5.41) is 3.43. The van der Waals surface area contributed by atoms with Crippen molar-refractivity contribution in [2.24, 2.45) is 10.9 Å². The molecule has 1 N–H and O–H groups in total. The average molecular weight is 244 g/mol. The summed E-state index contributed by atoms with van der Waals surface area (Å²) in [4.78, 5) is 4.85. The first-order valence-electron chi connectivity index (χ1n) is 7.19. The lowest BCUT2D eigenvalue weighted by Gasteiger charge is -2.28. The lowest BCUT2D eigenvalue weighted by atomic mass is 9.88. The smallest absolute Gasteiger partial charge is 0.0528 e. The van der Waals surface area contributed by atoms with Crippen LogP contribution in [0.4, 0.5) is 0 Å². The lowest BCUT2D eigenvalue weighted by Crippen LogP contribution is -2.33. The van der Waals surface area contributed by atoms with Crippen LogP contribution < -0.4 is 5.32 Å². The van der Waals surface area contributed by atoms with E-state index in [1.165, 1.54) is 31.2 Å². The Bertz CT molecular complexity index is 353. The number of benzene rings is 1. The highest BCUT2D eigenvalue weighted by molar-refractivity contribution is 5.79. The van der Waals surface area contributed by atoms with E-state index in [4.69, 9.17) is 4.99 Å². The first-order valence-corrected chi connectivity index (χ1v) is 7.19. The highest BCUT2D eigenvalue weighted by Crippen LogP contribution is 2.22. The standard InChI is InChI=1S/C16H24N2/c1-2-6-16(15-9-11-17-12-10-15)18-13-14-7-4-3-5-8-14/h3-5,7-8,13,15-17H,2,6,9-12H2,1H3. The predicted octanol–water partition coefficient (Wildman–Crippen LogP) is 3.27. The number of piperidine rings is 1. The van der Waals surface area contributed by atoms with Crippen LogP contribution in [-0.4, -0.2) is 25.3 Å². The maximum Gasteiger partial charge on any atom is 0.0528 e. The van der Waals surface area contributed by atoms with Crippen molar-refractivity contribution in [2.45, 2.75) is 38.6 Å². The van der Waals surface area contributed by atoms with Gasteiger partial charge in [0, 0.05) is 6.21 Å². The summed E-state index contributed by atoms with van der Waals surface area (Å²) in [6.45, 7) is 4.57. The van der Waals surface area contributed by atoms with Crippen LogP contribution in [-0.2, 0) is 0 Å². The molecule has 1 aliphatic heterocycles. The van der Waals surface area contributed by atoms with Gasteiger partial charge < -0.3 is 5.32 Å². The first kappa shape index (κ1) is 13.3. The zero-order valence-corrected chi connectivity index (χ0v) is 11.3. The molecule has 1 fully saturated rings. The molecule has 1 unspecified atom stereocenters. The quantitative estimate of drug-likeness (QED) is 0.790. The molecular formula is C16H24N2. The third kappa shape index (κ3) is 3.95. The fraction of sp³-hybridized carbons (Fsp3) is 0.562. The minimum absolute atomic E-state index is 0.511. The van der Waals surface area contributed by atoms with Gasteiger partial charge >= 0.3 is 0 Å². The molecule has 0 saturated carbocycles. The summed E-state index contributed by atoms with van der Waals surface area (Å²) in [5.74, 6) is 0.770. The van der Waals surface area contributed by atoms with Gasteiger partial charge in [-0.05, 0) is 43.8 Å². The van der Waals surface area contributed by atoms with E-state index in [0.29, 0.717) is 6.04 Å². The molecule has 1 aromatic carbocycles. The number of nitrogens with zero attached hydrogens (tertiary/aromatic N) is 1. The summed E-state index contributed by atoms with van der Waals surface area (Å²) < 4.78 is 0. The molecule has 2 nitrogen and oxygen atoms in total. The van der Waals surface area contributed by atoms with Gasteiger partial charge in [0.2, 0.25) is 0 Å². The molecule has 1 heterocycles. The van der Waals surface area contributed by atoms with E-state index in [1.807, 2.05) is 6.07 Å². The van der Waals surface area contributed by atoms with Crippen molar-refractivity contribution < 1.29 is 0 Å². The third-order valence-electron chi connectivity index (χ3n) is 3.73. The summed E-state index contributed by atoms with van der Waals surface area (Å²) in [6, 6.07) is 10.9. The van der Waals surface area contributed by atoms with Crippen molar-refractivity contribution in [1.29, 1.82) is 0 Å². The Kier molecular flexibility index (Phi) is 5.40. The Morgan fingerprint density at radius 3 is 2.67 bits per heavy atom. The molecule has 1 atom stereocenters. The minimum Gasteiger partial charge on any atom is -0.317 e. The van der Waals surface area contributed by atoms with E-state index in [0.717, 1.165) is 19.0 Å². The Labute approximate surface area is 111 Å². The largest absolute Gasteiger partial charge is 0.317 e. The van der Waals surface area contributed by atoms with Crippen molar-refractivity contribution >= 4 is 6.21 Å². The van der Waals surface area contributed by atoms with Gasteiger partial charge in [-0.1, -0.05) is 43.7 Å². The fourth-order valence-corrected chi connectivity index (χ4v) is 2.68. The zero-order valence-electron chi connectivity index (χ0n) is 11.3. The maximum atomic E-state index is 4.85. The Balaban J connectivity index is 1.98. The van der Waals surface area contributed by atoms with Crippen LogP contribution in [0.2, 0.25) is 0 Å². The molecule has 98 valence electrons.